The second-order valence-corrected chi connectivity index (χ2v) is 9.84. The third-order valence-electron chi connectivity index (χ3n) is 5.36. The molecule has 0 heterocycles. The molecule has 0 unspecified atom stereocenters. The number of benzene rings is 2. The fourth-order valence-corrected chi connectivity index (χ4v) is 4.22. The number of hydrogen-bond acceptors (Lipinski definition) is 3. The Hall–Kier alpha value is -1.76. The van der Waals surface area contributed by atoms with Crippen molar-refractivity contribution in [2.24, 2.45) is 0 Å². The molecule has 33 heavy (non-hydrogen) atoms. The van der Waals surface area contributed by atoms with Crippen molar-refractivity contribution in [2.75, 3.05) is 13.2 Å². The van der Waals surface area contributed by atoms with Crippen molar-refractivity contribution in [1.82, 2.24) is 10.2 Å². The fourth-order valence-electron chi connectivity index (χ4n) is 3.19. The number of halogens is 3. The molecule has 0 fully saturated rings. The van der Waals surface area contributed by atoms with E-state index in [9.17, 15) is 9.59 Å². The first-order valence-electron chi connectivity index (χ1n) is 11.1. The standard InChI is InChI=1S/C25H31BrCl2N2O3/c1-5-6-12-29-25(32)17(4)30(14-19-21(27)8-7-9-22(19)28)24(31)15-33-23-11-10-18(16(2)3)13-20(23)26/h7-11,13,16-17H,5-6,12,14-15H2,1-4H3,(H,29,32)/t17-/m0/s1. The van der Waals surface area contributed by atoms with Crippen molar-refractivity contribution in [3.8, 4) is 5.75 Å². The number of nitrogens with one attached hydrogen (secondary N) is 1. The van der Waals surface area contributed by atoms with Gasteiger partial charge in [-0.25, -0.2) is 0 Å². The first-order chi connectivity index (χ1) is 15.6. The minimum Gasteiger partial charge on any atom is -0.483 e. The molecule has 0 bridgehead atoms. The van der Waals surface area contributed by atoms with Gasteiger partial charge >= 0.3 is 0 Å². The molecule has 2 aromatic carbocycles. The van der Waals surface area contributed by atoms with Crippen LogP contribution in [-0.4, -0.2) is 35.9 Å². The van der Waals surface area contributed by atoms with Gasteiger partial charge in [-0.3, -0.25) is 9.59 Å². The topological polar surface area (TPSA) is 58.6 Å². The van der Waals surface area contributed by atoms with Crippen LogP contribution in [0, 0.1) is 0 Å². The summed E-state index contributed by atoms with van der Waals surface area (Å²) in [4.78, 5) is 27.4. The number of amides is 2. The molecule has 0 aliphatic rings. The van der Waals surface area contributed by atoms with Crippen LogP contribution in [-0.2, 0) is 16.1 Å². The molecule has 2 rings (SSSR count). The van der Waals surface area contributed by atoms with E-state index in [0.717, 1.165) is 22.9 Å². The van der Waals surface area contributed by atoms with E-state index in [4.69, 9.17) is 27.9 Å². The van der Waals surface area contributed by atoms with Gasteiger partial charge in [-0.2, -0.15) is 0 Å². The number of carbonyl (C=O) groups is 2. The zero-order chi connectivity index (χ0) is 24.5. The lowest BCUT2D eigenvalue weighted by atomic mass is 10.0. The van der Waals surface area contributed by atoms with E-state index in [2.05, 4.69) is 35.1 Å². The second kappa shape index (κ2) is 13.2. The summed E-state index contributed by atoms with van der Waals surface area (Å²) in [6, 6.07) is 10.2. The average molecular weight is 558 g/mol. The molecule has 1 N–H and O–H groups in total. The highest BCUT2D eigenvalue weighted by atomic mass is 79.9. The molecule has 1 atom stereocenters. The molecule has 0 saturated carbocycles. The zero-order valence-electron chi connectivity index (χ0n) is 19.5. The molecule has 2 amide bonds. The molecule has 0 saturated heterocycles. The second-order valence-electron chi connectivity index (χ2n) is 8.18. The van der Waals surface area contributed by atoms with E-state index in [1.807, 2.05) is 25.1 Å². The molecule has 0 aromatic heterocycles. The Morgan fingerprint density at radius 1 is 1.12 bits per heavy atom. The van der Waals surface area contributed by atoms with Crippen molar-refractivity contribution < 1.29 is 14.3 Å². The van der Waals surface area contributed by atoms with E-state index in [1.54, 1.807) is 25.1 Å². The van der Waals surface area contributed by atoms with Crippen molar-refractivity contribution in [3.05, 3.63) is 62.0 Å². The third kappa shape index (κ3) is 7.90. The van der Waals surface area contributed by atoms with Gasteiger partial charge in [-0.15, -0.1) is 0 Å². The fraction of sp³-hybridized carbons (Fsp3) is 0.440. The summed E-state index contributed by atoms with van der Waals surface area (Å²) in [7, 11) is 0. The van der Waals surface area contributed by atoms with Crippen LogP contribution in [0.5, 0.6) is 5.75 Å². The SMILES string of the molecule is CCCCNC(=O)[C@H](C)N(Cc1c(Cl)cccc1Cl)C(=O)COc1ccc(C(C)C)cc1Br. The summed E-state index contributed by atoms with van der Waals surface area (Å²) >= 11 is 16.2. The summed E-state index contributed by atoms with van der Waals surface area (Å²) in [5.74, 6) is 0.356. The summed E-state index contributed by atoms with van der Waals surface area (Å²) in [6.07, 6.45) is 1.83. The molecule has 2 aromatic rings. The number of rotatable bonds is 11. The number of nitrogens with zero attached hydrogens (tertiary/aromatic N) is 1. The zero-order valence-corrected chi connectivity index (χ0v) is 22.6. The van der Waals surface area contributed by atoms with E-state index < -0.39 is 6.04 Å². The Balaban J connectivity index is 2.21. The van der Waals surface area contributed by atoms with Crippen molar-refractivity contribution in [2.45, 2.75) is 59.0 Å². The lowest BCUT2D eigenvalue weighted by Crippen LogP contribution is -2.49. The van der Waals surface area contributed by atoms with E-state index in [-0.39, 0.29) is 25.0 Å². The van der Waals surface area contributed by atoms with Gasteiger partial charge in [-0.1, -0.05) is 62.5 Å². The molecule has 0 aliphatic heterocycles. The summed E-state index contributed by atoms with van der Waals surface area (Å²) in [5.41, 5.74) is 1.75. The van der Waals surface area contributed by atoms with Crippen molar-refractivity contribution in [3.63, 3.8) is 0 Å². The Morgan fingerprint density at radius 3 is 2.36 bits per heavy atom. The highest BCUT2D eigenvalue weighted by Crippen LogP contribution is 2.30. The van der Waals surface area contributed by atoms with Crippen LogP contribution in [0.1, 0.15) is 57.6 Å². The Morgan fingerprint density at radius 2 is 1.79 bits per heavy atom. The highest BCUT2D eigenvalue weighted by Gasteiger charge is 2.28. The predicted molar refractivity (Wildman–Crippen MR) is 138 cm³/mol. The predicted octanol–water partition coefficient (Wildman–Crippen LogP) is 6.59. The first kappa shape index (κ1) is 27.5. The van der Waals surface area contributed by atoms with Gasteiger partial charge in [0.25, 0.3) is 5.91 Å². The lowest BCUT2D eigenvalue weighted by Gasteiger charge is -2.29. The molecular formula is C25H31BrCl2N2O3. The molecule has 0 aliphatic carbocycles. The van der Waals surface area contributed by atoms with Crippen LogP contribution < -0.4 is 10.1 Å². The minimum absolute atomic E-state index is 0.0938. The molecular weight excluding hydrogens is 527 g/mol. The molecule has 0 radical (unpaired) electrons. The Bertz CT molecular complexity index is 948. The van der Waals surface area contributed by atoms with Gasteiger partial charge in [0.05, 0.1) is 4.47 Å². The van der Waals surface area contributed by atoms with Crippen molar-refractivity contribution >= 4 is 50.9 Å². The van der Waals surface area contributed by atoms with Gasteiger partial charge in [0, 0.05) is 28.7 Å². The van der Waals surface area contributed by atoms with Gasteiger partial charge in [-0.05, 0) is 65.0 Å². The third-order valence-corrected chi connectivity index (χ3v) is 6.69. The average Bonchev–Trinajstić information content (AvgIpc) is 2.77. The van der Waals surface area contributed by atoms with Gasteiger partial charge in [0.1, 0.15) is 11.8 Å². The number of carbonyl (C=O) groups excluding carboxylic acids is 2. The van der Waals surface area contributed by atoms with Crippen LogP contribution in [0.2, 0.25) is 10.0 Å². The summed E-state index contributed by atoms with van der Waals surface area (Å²) < 4.78 is 6.58. The monoisotopic (exact) mass is 556 g/mol. The van der Waals surface area contributed by atoms with Crippen LogP contribution in [0.25, 0.3) is 0 Å². The van der Waals surface area contributed by atoms with Gasteiger partial charge in [0.15, 0.2) is 6.61 Å². The molecule has 8 heteroatoms. The van der Waals surface area contributed by atoms with Crippen LogP contribution in [0.15, 0.2) is 40.9 Å². The smallest absolute Gasteiger partial charge is 0.261 e. The van der Waals surface area contributed by atoms with Crippen LogP contribution in [0.3, 0.4) is 0 Å². The Kier molecular flexibility index (Phi) is 11.0. The molecule has 180 valence electrons. The minimum atomic E-state index is -0.725. The molecule has 0 spiro atoms. The number of hydrogen-bond donors (Lipinski definition) is 1. The highest BCUT2D eigenvalue weighted by molar-refractivity contribution is 9.10. The van der Waals surface area contributed by atoms with E-state index >= 15 is 0 Å². The van der Waals surface area contributed by atoms with E-state index in [0.29, 0.717) is 33.8 Å². The summed E-state index contributed by atoms with van der Waals surface area (Å²) in [5, 5.41) is 3.76. The largest absolute Gasteiger partial charge is 0.483 e. The van der Waals surface area contributed by atoms with Crippen LogP contribution >= 0.6 is 39.1 Å². The number of unbranched alkanes of at least 4 members (excludes halogenated alkanes) is 1. The van der Waals surface area contributed by atoms with Gasteiger partial charge < -0.3 is 15.0 Å². The Labute approximate surface area is 214 Å². The van der Waals surface area contributed by atoms with Gasteiger partial charge in [0.2, 0.25) is 5.91 Å². The molecule has 5 nitrogen and oxygen atoms in total. The van der Waals surface area contributed by atoms with E-state index in [1.165, 1.54) is 4.90 Å². The lowest BCUT2D eigenvalue weighted by molar-refractivity contribution is -0.142. The summed E-state index contributed by atoms with van der Waals surface area (Å²) in [6.45, 7) is 8.38. The first-order valence-corrected chi connectivity index (χ1v) is 12.6. The maximum absolute atomic E-state index is 13.2. The van der Waals surface area contributed by atoms with Crippen molar-refractivity contribution in [1.29, 1.82) is 0 Å². The normalized spacial score (nSPS) is 11.9. The maximum Gasteiger partial charge on any atom is 0.261 e. The quantitative estimate of drug-likeness (QED) is 0.317. The maximum atomic E-state index is 13.2. The number of ether oxygens (including phenoxy) is 1. The van der Waals surface area contributed by atoms with Crippen LogP contribution in [0.4, 0.5) is 0 Å².